The number of hydrogen-bond donors (Lipinski definition) is 0. The van der Waals surface area contributed by atoms with Crippen LogP contribution in [0, 0.1) is 17.5 Å². The molecule has 5 heteroatoms. The van der Waals surface area contributed by atoms with Crippen molar-refractivity contribution in [2.24, 2.45) is 0 Å². The molecule has 4 rings (SSSR count). The van der Waals surface area contributed by atoms with Crippen LogP contribution in [0.2, 0.25) is 0 Å². The molecule has 0 aromatic heterocycles. The fourth-order valence-corrected chi connectivity index (χ4v) is 3.34. The summed E-state index contributed by atoms with van der Waals surface area (Å²) in [6.45, 7) is 0. The van der Waals surface area contributed by atoms with Crippen LogP contribution in [0.25, 0.3) is 10.8 Å². The third kappa shape index (κ3) is 2.69. The first-order valence-electron chi connectivity index (χ1n) is 7.97. The predicted octanol–water partition coefficient (Wildman–Crippen LogP) is 5.33. The van der Waals surface area contributed by atoms with E-state index in [0.29, 0.717) is 24.7 Å². The highest BCUT2D eigenvalue weighted by molar-refractivity contribution is 5.89. The van der Waals surface area contributed by atoms with Crippen molar-refractivity contribution in [2.75, 3.05) is 7.11 Å². The summed E-state index contributed by atoms with van der Waals surface area (Å²) in [7, 11) is 1.61. The van der Waals surface area contributed by atoms with E-state index in [1.54, 1.807) is 7.11 Å². The zero-order valence-electron chi connectivity index (χ0n) is 13.5. The summed E-state index contributed by atoms with van der Waals surface area (Å²) in [5, 5.41) is 2.07. The molecule has 0 spiro atoms. The Morgan fingerprint density at radius 1 is 0.960 bits per heavy atom. The average Bonchev–Trinajstić information content (AvgIpc) is 2.63. The Kier molecular flexibility index (Phi) is 3.79. The molecule has 0 fully saturated rings. The lowest BCUT2D eigenvalue weighted by atomic mass is 9.93. The van der Waals surface area contributed by atoms with Crippen molar-refractivity contribution in [1.29, 1.82) is 0 Å². The minimum absolute atomic E-state index is 0.0411. The minimum atomic E-state index is -1.20. The zero-order valence-corrected chi connectivity index (χ0v) is 13.5. The molecule has 0 radical (unpaired) electrons. The van der Waals surface area contributed by atoms with Crippen LogP contribution in [-0.4, -0.2) is 7.11 Å². The molecular weight excluding hydrogens is 329 g/mol. The molecule has 1 atom stereocenters. The largest absolute Gasteiger partial charge is 0.497 e. The normalized spacial score (nSPS) is 16.4. The molecule has 1 aliphatic rings. The van der Waals surface area contributed by atoms with Gasteiger partial charge in [0.05, 0.1) is 7.11 Å². The monoisotopic (exact) mass is 344 g/mol. The molecule has 0 bridgehead atoms. The smallest absolute Gasteiger partial charge is 0.161 e. The third-order valence-electron chi connectivity index (χ3n) is 4.61. The number of methoxy groups -OCH3 is 1. The number of benzene rings is 3. The van der Waals surface area contributed by atoms with Crippen LogP contribution in [-0.2, 0) is 6.42 Å². The summed E-state index contributed by atoms with van der Waals surface area (Å²) in [4.78, 5) is 0. The van der Waals surface area contributed by atoms with Gasteiger partial charge in [0, 0.05) is 17.2 Å². The Bertz CT molecular complexity index is 969. The van der Waals surface area contributed by atoms with Gasteiger partial charge in [0.2, 0.25) is 0 Å². The van der Waals surface area contributed by atoms with Crippen molar-refractivity contribution in [3.8, 4) is 11.5 Å². The molecule has 1 aliphatic heterocycles. The molecule has 3 aromatic carbocycles. The number of rotatable bonds is 2. The molecule has 0 aliphatic carbocycles. The highest BCUT2D eigenvalue weighted by Crippen LogP contribution is 2.40. The van der Waals surface area contributed by atoms with Gasteiger partial charge in [-0.2, -0.15) is 0 Å². The maximum atomic E-state index is 14.0. The Morgan fingerprint density at radius 2 is 1.76 bits per heavy atom. The third-order valence-corrected chi connectivity index (χ3v) is 4.61. The first-order valence-corrected chi connectivity index (χ1v) is 7.97. The van der Waals surface area contributed by atoms with E-state index in [-0.39, 0.29) is 5.56 Å². The lowest BCUT2D eigenvalue weighted by molar-refractivity contribution is 0.172. The Hall–Kier alpha value is -2.69. The van der Waals surface area contributed by atoms with Crippen LogP contribution in [0.1, 0.15) is 23.7 Å². The second-order valence-electron chi connectivity index (χ2n) is 6.06. The van der Waals surface area contributed by atoms with Gasteiger partial charge in [-0.1, -0.05) is 12.1 Å². The van der Waals surface area contributed by atoms with E-state index in [0.717, 1.165) is 28.2 Å². The number of halogens is 3. The summed E-state index contributed by atoms with van der Waals surface area (Å²) >= 11 is 0. The topological polar surface area (TPSA) is 18.5 Å². The SMILES string of the molecule is COc1ccc2c3c(ccc2c1)O[C@H](c1cc(F)c(F)cc1F)CC3. The van der Waals surface area contributed by atoms with Gasteiger partial charge in [-0.3, -0.25) is 0 Å². The lowest BCUT2D eigenvalue weighted by Crippen LogP contribution is -2.17. The van der Waals surface area contributed by atoms with E-state index in [1.807, 2.05) is 30.3 Å². The van der Waals surface area contributed by atoms with E-state index in [9.17, 15) is 13.2 Å². The number of fused-ring (bicyclic) bond motifs is 3. The van der Waals surface area contributed by atoms with Gasteiger partial charge < -0.3 is 9.47 Å². The maximum absolute atomic E-state index is 14.0. The minimum Gasteiger partial charge on any atom is -0.497 e. The number of ether oxygens (including phenoxy) is 2. The fraction of sp³-hybridized carbons (Fsp3) is 0.200. The van der Waals surface area contributed by atoms with E-state index >= 15 is 0 Å². The van der Waals surface area contributed by atoms with E-state index in [1.165, 1.54) is 0 Å². The molecule has 25 heavy (non-hydrogen) atoms. The Balaban J connectivity index is 1.72. The van der Waals surface area contributed by atoms with Crippen molar-refractivity contribution in [3.63, 3.8) is 0 Å². The maximum Gasteiger partial charge on any atom is 0.161 e. The molecule has 128 valence electrons. The van der Waals surface area contributed by atoms with Gasteiger partial charge in [-0.05, 0) is 47.9 Å². The lowest BCUT2D eigenvalue weighted by Gasteiger charge is -2.27. The van der Waals surface area contributed by atoms with E-state index in [2.05, 4.69) is 0 Å². The van der Waals surface area contributed by atoms with Crippen LogP contribution in [0.4, 0.5) is 13.2 Å². The summed E-state index contributed by atoms with van der Waals surface area (Å²) < 4.78 is 51.8. The van der Waals surface area contributed by atoms with Crippen molar-refractivity contribution in [3.05, 3.63) is 71.0 Å². The van der Waals surface area contributed by atoms with Gasteiger partial charge in [0.25, 0.3) is 0 Å². The summed E-state index contributed by atoms with van der Waals surface area (Å²) in [6.07, 6.45) is 0.501. The first-order chi connectivity index (χ1) is 12.1. The van der Waals surface area contributed by atoms with Crippen LogP contribution >= 0.6 is 0 Å². The van der Waals surface area contributed by atoms with Crippen molar-refractivity contribution >= 4 is 10.8 Å². The summed E-state index contributed by atoms with van der Waals surface area (Å²) in [5.74, 6) is -1.66. The molecule has 2 nitrogen and oxygen atoms in total. The molecule has 1 heterocycles. The quantitative estimate of drug-likeness (QED) is 0.585. The second kappa shape index (κ2) is 5.99. The van der Waals surface area contributed by atoms with Crippen LogP contribution in [0.3, 0.4) is 0 Å². The van der Waals surface area contributed by atoms with Crippen LogP contribution < -0.4 is 9.47 Å². The summed E-state index contributed by atoms with van der Waals surface area (Å²) in [5.41, 5.74) is 1.07. The van der Waals surface area contributed by atoms with Gasteiger partial charge in [0.15, 0.2) is 11.6 Å². The van der Waals surface area contributed by atoms with Crippen molar-refractivity contribution in [1.82, 2.24) is 0 Å². The average molecular weight is 344 g/mol. The standard InChI is InChI=1S/C20H15F3O2/c1-24-12-3-4-13-11(8-12)2-6-19-14(13)5-7-20(25-19)15-9-17(22)18(23)10-16(15)21/h2-4,6,8-10,20H,5,7H2,1H3/t20-/m0/s1. The molecule has 0 saturated heterocycles. The van der Waals surface area contributed by atoms with Crippen molar-refractivity contribution < 1.29 is 22.6 Å². The number of aryl methyl sites for hydroxylation is 1. The van der Waals surface area contributed by atoms with Crippen LogP contribution in [0.15, 0.2) is 42.5 Å². The molecule has 0 unspecified atom stereocenters. The summed E-state index contributed by atoms with van der Waals surface area (Å²) in [6, 6.07) is 11.0. The highest BCUT2D eigenvalue weighted by atomic mass is 19.2. The van der Waals surface area contributed by atoms with Gasteiger partial charge in [-0.15, -0.1) is 0 Å². The molecular formula is C20H15F3O2. The highest BCUT2D eigenvalue weighted by Gasteiger charge is 2.26. The molecule has 3 aromatic rings. The zero-order chi connectivity index (χ0) is 17.6. The Morgan fingerprint density at radius 3 is 2.56 bits per heavy atom. The molecule has 0 N–H and O–H groups in total. The van der Waals surface area contributed by atoms with Gasteiger partial charge in [0.1, 0.15) is 23.4 Å². The fourth-order valence-electron chi connectivity index (χ4n) is 3.34. The van der Waals surface area contributed by atoms with Gasteiger partial charge >= 0.3 is 0 Å². The molecule has 0 saturated carbocycles. The van der Waals surface area contributed by atoms with Gasteiger partial charge in [-0.25, -0.2) is 13.2 Å². The predicted molar refractivity (Wildman–Crippen MR) is 88.5 cm³/mol. The first kappa shape index (κ1) is 15.8. The van der Waals surface area contributed by atoms with E-state index in [4.69, 9.17) is 9.47 Å². The second-order valence-corrected chi connectivity index (χ2v) is 6.06. The van der Waals surface area contributed by atoms with Crippen LogP contribution in [0.5, 0.6) is 11.5 Å². The van der Waals surface area contributed by atoms with E-state index < -0.39 is 23.6 Å². The van der Waals surface area contributed by atoms with Crippen molar-refractivity contribution in [2.45, 2.75) is 18.9 Å². The number of hydrogen-bond acceptors (Lipinski definition) is 2. The molecule has 0 amide bonds. The Labute approximate surface area is 142 Å².